The lowest BCUT2D eigenvalue weighted by molar-refractivity contribution is -0.385. The van der Waals surface area contributed by atoms with Crippen LogP contribution in [-0.4, -0.2) is 32.9 Å². The van der Waals surface area contributed by atoms with E-state index in [1.165, 1.54) is 0 Å². The van der Waals surface area contributed by atoms with Gasteiger partial charge >= 0.3 is 5.69 Å². The summed E-state index contributed by atoms with van der Waals surface area (Å²) >= 11 is 1.95. The number of aryl methyl sites for hydroxylation is 1. The number of nitrogens with two attached hydrogens (primary N) is 1. The molecule has 19 heavy (non-hydrogen) atoms. The van der Waals surface area contributed by atoms with Crippen molar-refractivity contribution in [1.82, 2.24) is 9.97 Å². The summed E-state index contributed by atoms with van der Waals surface area (Å²) in [6.45, 7) is 2.26. The molecular formula is C11H17N5O2S. The zero-order valence-corrected chi connectivity index (χ0v) is 11.6. The second-order valence-electron chi connectivity index (χ2n) is 4.56. The molecule has 0 amide bonds. The monoisotopic (exact) mass is 283 g/mol. The van der Waals surface area contributed by atoms with Gasteiger partial charge in [0.1, 0.15) is 5.69 Å². The highest BCUT2D eigenvalue weighted by Gasteiger charge is 2.22. The Morgan fingerprint density at radius 1 is 1.47 bits per heavy atom. The fourth-order valence-corrected chi connectivity index (χ4v) is 3.33. The Labute approximate surface area is 115 Å². The molecule has 1 fully saturated rings. The van der Waals surface area contributed by atoms with Gasteiger partial charge in [-0.2, -0.15) is 16.7 Å². The van der Waals surface area contributed by atoms with Crippen LogP contribution in [0.2, 0.25) is 0 Å². The lowest BCUT2D eigenvalue weighted by atomic mass is 10.0. The van der Waals surface area contributed by atoms with E-state index in [9.17, 15) is 10.1 Å². The number of aromatic nitrogens is 2. The Morgan fingerprint density at radius 3 is 2.79 bits per heavy atom. The minimum Gasteiger partial charge on any atom is -0.368 e. The maximum atomic E-state index is 11.0. The Hall–Kier alpha value is -1.57. The van der Waals surface area contributed by atoms with E-state index in [-0.39, 0.29) is 17.5 Å². The molecule has 1 saturated heterocycles. The first-order chi connectivity index (χ1) is 9.08. The molecular weight excluding hydrogens is 266 g/mol. The van der Waals surface area contributed by atoms with Crippen molar-refractivity contribution in [3.63, 3.8) is 0 Å². The van der Waals surface area contributed by atoms with Crippen molar-refractivity contribution in [2.75, 3.05) is 29.1 Å². The lowest BCUT2D eigenvalue weighted by Crippen LogP contribution is -2.20. The quantitative estimate of drug-likeness (QED) is 0.641. The topological polar surface area (TPSA) is 107 Å². The zero-order chi connectivity index (χ0) is 13.8. The van der Waals surface area contributed by atoms with Crippen molar-refractivity contribution in [2.45, 2.75) is 19.8 Å². The summed E-state index contributed by atoms with van der Waals surface area (Å²) in [7, 11) is 0. The number of thioether (sulfide) groups is 1. The molecule has 104 valence electrons. The molecule has 1 aliphatic heterocycles. The zero-order valence-electron chi connectivity index (χ0n) is 10.8. The summed E-state index contributed by atoms with van der Waals surface area (Å²) in [6.07, 6.45) is 2.26. The van der Waals surface area contributed by atoms with Crippen LogP contribution >= 0.6 is 11.8 Å². The van der Waals surface area contributed by atoms with Crippen molar-refractivity contribution in [3.8, 4) is 0 Å². The Bertz CT molecular complexity index is 476. The van der Waals surface area contributed by atoms with E-state index in [0.29, 0.717) is 18.2 Å². The van der Waals surface area contributed by atoms with E-state index in [2.05, 4.69) is 15.3 Å². The van der Waals surface area contributed by atoms with Crippen molar-refractivity contribution < 1.29 is 4.92 Å². The van der Waals surface area contributed by atoms with Crippen LogP contribution < -0.4 is 11.1 Å². The van der Waals surface area contributed by atoms with Crippen LogP contribution in [0.5, 0.6) is 0 Å². The highest BCUT2D eigenvalue weighted by molar-refractivity contribution is 7.99. The number of anilines is 2. The van der Waals surface area contributed by atoms with E-state index >= 15 is 0 Å². The Kier molecular flexibility index (Phi) is 4.41. The molecule has 0 unspecified atom stereocenters. The fraction of sp³-hybridized carbons (Fsp3) is 0.636. The van der Waals surface area contributed by atoms with Gasteiger partial charge in [-0.1, -0.05) is 0 Å². The molecule has 0 aliphatic carbocycles. The first kappa shape index (κ1) is 13.9. The smallest absolute Gasteiger partial charge is 0.332 e. The van der Waals surface area contributed by atoms with E-state index in [1.807, 2.05) is 11.8 Å². The van der Waals surface area contributed by atoms with Crippen molar-refractivity contribution in [3.05, 3.63) is 15.8 Å². The number of nitrogen functional groups attached to an aromatic ring is 1. The van der Waals surface area contributed by atoms with E-state index in [1.54, 1.807) is 6.92 Å². The predicted octanol–water partition coefficient (Wildman–Crippen LogP) is 1.83. The van der Waals surface area contributed by atoms with Gasteiger partial charge in [-0.3, -0.25) is 10.1 Å². The second kappa shape index (κ2) is 6.05. The number of hydrogen-bond donors (Lipinski definition) is 2. The molecule has 1 aliphatic rings. The van der Waals surface area contributed by atoms with Crippen LogP contribution in [0.1, 0.15) is 18.5 Å². The molecule has 0 atom stereocenters. The second-order valence-corrected chi connectivity index (χ2v) is 5.78. The van der Waals surface area contributed by atoms with Gasteiger partial charge < -0.3 is 11.1 Å². The van der Waals surface area contributed by atoms with Gasteiger partial charge in [-0.05, 0) is 37.2 Å². The molecule has 0 spiro atoms. The normalized spacial score (nSPS) is 16.3. The number of nitrogens with zero attached hydrogens (tertiary/aromatic N) is 3. The van der Waals surface area contributed by atoms with Crippen LogP contribution in [-0.2, 0) is 0 Å². The summed E-state index contributed by atoms with van der Waals surface area (Å²) in [5.41, 5.74) is 5.76. The molecule has 8 heteroatoms. The summed E-state index contributed by atoms with van der Waals surface area (Å²) in [6, 6.07) is 0. The minimum absolute atomic E-state index is 0.0600. The van der Waals surface area contributed by atoms with Crippen LogP contribution in [0.25, 0.3) is 0 Å². The van der Waals surface area contributed by atoms with Crippen LogP contribution in [0, 0.1) is 23.0 Å². The van der Waals surface area contributed by atoms with Gasteiger partial charge in [0, 0.05) is 6.54 Å². The van der Waals surface area contributed by atoms with E-state index < -0.39 is 4.92 Å². The van der Waals surface area contributed by atoms with Crippen LogP contribution in [0.15, 0.2) is 0 Å². The average molecular weight is 283 g/mol. The molecule has 0 bridgehead atoms. The van der Waals surface area contributed by atoms with Gasteiger partial charge in [0.25, 0.3) is 0 Å². The number of nitro groups is 1. The molecule has 1 aromatic rings. The van der Waals surface area contributed by atoms with Crippen molar-refractivity contribution in [2.24, 2.45) is 5.92 Å². The minimum atomic E-state index is -0.464. The summed E-state index contributed by atoms with van der Waals surface area (Å²) in [5.74, 6) is 3.13. The first-order valence-electron chi connectivity index (χ1n) is 6.18. The molecule has 7 nitrogen and oxygen atoms in total. The molecule has 3 N–H and O–H groups in total. The third-order valence-corrected chi connectivity index (χ3v) is 4.21. The lowest BCUT2D eigenvalue weighted by Gasteiger charge is -2.21. The molecule has 2 rings (SSSR count). The standard InChI is InChI=1S/C11H17N5O2S/c1-7-9(16(17)18)10(15-11(12)14-7)13-6-8-2-4-19-5-3-8/h8H,2-6H2,1H3,(H3,12,13,14,15). The maximum absolute atomic E-state index is 11.0. The highest BCUT2D eigenvalue weighted by atomic mass is 32.2. The van der Waals surface area contributed by atoms with Gasteiger partial charge in [-0.25, -0.2) is 4.98 Å². The summed E-state index contributed by atoms with van der Waals surface area (Å²) in [4.78, 5) is 18.4. The predicted molar refractivity (Wildman–Crippen MR) is 76.4 cm³/mol. The van der Waals surface area contributed by atoms with Crippen LogP contribution in [0.4, 0.5) is 17.5 Å². The number of hydrogen-bond acceptors (Lipinski definition) is 7. The largest absolute Gasteiger partial charge is 0.368 e. The van der Waals surface area contributed by atoms with Gasteiger partial charge in [0.15, 0.2) is 0 Å². The van der Waals surface area contributed by atoms with Gasteiger partial charge in [0.2, 0.25) is 11.8 Å². The van der Waals surface area contributed by atoms with Gasteiger partial charge in [-0.15, -0.1) is 0 Å². The van der Waals surface area contributed by atoms with Crippen LogP contribution in [0.3, 0.4) is 0 Å². The highest BCUT2D eigenvalue weighted by Crippen LogP contribution is 2.28. The Morgan fingerprint density at radius 2 is 2.16 bits per heavy atom. The average Bonchev–Trinajstić information content (AvgIpc) is 2.36. The molecule has 2 heterocycles. The molecule has 0 aromatic carbocycles. The maximum Gasteiger partial charge on any atom is 0.332 e. The summed E-state index contributed by atoms with van der Waals surface area (Å²) < 4.78 is 0. The summed E-state index contributed by atoms with van der Waals surface area (Å²) in [5, 5.41) is 14.1. The van der Waals surface area contributed by atoms with E-state index in [4.69, 9.17) is 5.73 Å². The van der Waals surface area contributed by atoms with E-state index in [0.717, 1.165) is 24.3 Å². The number of rotatable bonds is 4. The SMILES string of the molecule is Cc1nc(N)nc(NCC2CCSCC2)c1[N+](=O)[O-]. The third kappa shape index (κ3) is 3.46. The third-order valence-electron chi connectivity index (χ3n) is 3.16. The molecule has 0 saturated carbocycles. The van der Waals surface area contributed by atoms with Crippen molar-refractivity contribution >= 4 is 29.2 Å². The first-order valence-corrected chi connectivity index (χ1v) is 7.33. The fourth-order valence-electron chi connectivity index (χ4n) is 2.12. The number of nitrogens with one attached hydrogen (secondary N) is 1. The van der Waals surface area contributed by atoms with Gasteiger partial charge in [0.05, 0.1) is 4.92 Å². The molecule has 0 radical (unpaired) electrons. The Balaban J connectivity index is 2.12. The van der Waals surface area contributed by atoms with Crippen molar-refractivity contribution in [1.29, 1.82) is 0 Å². The molecule has 1 aromatic heterocycles.